The molecular weight excluding hydrogens is 966 g/mol. The topological polar surface area (TPSA) is 9.72 Å². The fourth-order valence-electron chi connectivity index (χ4n) is 15.5. The minimum atomic E-state index is -0.344. The van der Waals surface area contributed by atoms with Gasteiger partial charge < -0.3 is 14.7 Å². The highest BCUT2D eigenvalue weighted by atomic mass is 15.3. The molecule has 0 radical (unpaired) electrons. The molecule has 3 nitrogen and oxygen atoms in total. The van der Waals surface area contributed by atoms with Crippen molar-refractivity contribution >= 4 is 68.6 Å². The van der Waals surface area contributed by atoms with E-state index < -0.39 is 0 Å². The highest BCUT2D eigenvalue weighted by molar-refractivity contribution is 7.00. The summed E-state index contributed by atoms with van der Waals surface area (Å²) in [7, 11) is 0. The SMILES string of the molecule is Cc1cc(C)c2c(c1)C1(C)CCc3ccccc3C1(C)N2c1ccc2c(c1)N(c1ccc(C(C)(C)C)cc1)c1cc(C(C)(C)C)cc3c1B2c1cc2c(cc1N3c1ccc(C(C)(C)C)cc1-c1ccccc1)C(C)(C)CCC2(C)C. The predicted molar refractivity (Wildman–Crippen MR) is 345 cm³/mol. The lowest BCUT2D eigenvalue weighted by molar-refractivity contribution is 0.245. The van der Waals surface area contributed by atoms with Crippen LogP contribution in [0.1, 0.15) is 179 Å². The van der Waals surface area contributed by atoms with Crippen molar-refractivity contribution in [3.05, 3.63) is 207 Å². The van der Waals surface area contributed by atoms with Gasteiger partial charge in [-0.25, -0.2) is 0 Å². The molecule has 406 valence electrons. The summed E-state index contributed by atoms with van der Waals surface area (Å²) in [5.74, 6) is 0. The molecule has 8 aromatic carbocycles. The highest BCUT2D eigenvalue weighted by Crippen LogP contribution is 2.65. The number of nitrogens with zero attached hydrogens (tertiary/aromatic N) is 3. The maximum absolute atomic E-state index is 2.80. The molecule has 2 unspecified atom stereocenters. The van der Waals surface area contributed by atoms with Crippen molar-refractivity contribution < 1.29 is 0 Å². The molecule has 5 aliphatic rings. The summed E-state index contributed by atoms with van der Waals surface area (Å²) in [4.78, 5) is 8.20. The van der Waals surface area contributed by atoms with Crippen molar-refractivity contribution in [1.82, 2.24) is 0 Å². The van der Waals surface area contributed by atoms with Crippen molar-refractivity contribution in [2.45, 2.75) is 181 Å². The van der Waals surface area contributed by atoms with E-state index in [1.54, 1.807) is 0 Å². The molecule has 2 atom stereocenters. The third-order valence-electron chi connectivity index (χ3n) is 20.5. The van der Waals surface area contributed by atoms with Crippen LogP contribution in [0.5, 0.6) is 0 Å². The van der Waals surface area contributed by atoms with Crippen LogP contribution in [-0.4, -0.2) is 6.71 Å². The maximum atomic E-state index is 2.80. The zero-order valence-electron chi connectivity index (χ0n) is 51.2. The highest BCUT2D eigenvalue weighted by Gasteiger charge is 2.60. The molecule has 2 aliphatic carbocycles. The maximum Gasteiger partial charge on any atom is 0.252 e. The van der Waals surface area contributed by atoms with Crippen LogP contribution in [0.15, 0.2) is 152 Å². The average molecular weight is 1050 g/mol. The van der Waals surface area contributed by atoms with Gasteiger partial charge in [0, 0.05) is 50.8 Å². The zero-order valence-corrected chi connectivity index (χ0v) is 51.2. The number of aryl methyl sites for hydroxylation is 3. The second kappa shape index (κ2) is 17.4. The Kier molecular flexibility index (Phi) is 11.4. The number of hydrogen-bond acceptors (Lipinski definition) is 3. The largest absolute Gasteiger partial charge is 0.330 e. The van der Waals surface area contributed by atoms with Crippen LogP contribution in [0.2, 0.25) is 0 Å². The minimum absolute atomic E-state index is 0.00300. The Hall–Kier alpha value is -6.78. The van der Waals surface area contributed by atoms with E-state index in [0.717, 1.165) is 25.7 Å². The number of fused-ring (bicyclic) bond motifs is 10. The summed E-state index contributed by atoms with van der Waals surface area (Å²) in [6.07, 6.45) is 4.46. The van der Waals surface area contributed by atoms with E-state index in [9.17, 15) is 0 Å². The average Bonchev–Trinajstić information content (AvgIpc) is 3.87. The van der Waals surface area contributed by atoms with Crippen LogP contribution in [-0.2, 0) is 44.4 Å². The van der Waals surface area contributed by atoms with E-state index in [1.807, 2.05) is 0 Å². The Morgan fingerprint density at radius 1 is 0.438 bits per heavy atom. The van der Waals surface area contributed by atoms with Crippen LogP contribution in [0.3, 0.4) is 0 Å². The molecule has 3 heterocycles. The second-order valence-corrected chi connectivity index (χ2v) is 29.8. The van der Waals surface area contributed by atoms with Crippen LogP contribution in [0.4, 0.5) is 45.5 Å². The van der Waals surface area contributed by atoms with Crippen LogP contribution in [0.25, 0.3) is 11.1 Å². The number of hydrogen-bond donors (Lipinski definition) is 0. The molecule has 0 amide bonds. The number of rotatable bonds is 4. The van der Waals surface area contributed by atoms with Crippen molar-refractivity contribution in [2.75, 3.05) is 14.7 Å². The molecule has 0 spiro atoms. The lowest BCUT2D eigenvalue weighted by Crippen LogP contribution is -2.62. The Morgan fingerprint density at radius 2 is 1.02 bits per heavy atom. The smallest absolute Gasteiger partial charge is 0.252 e. The van der Waals surface area contributed by atoms with E-state index in [4.69, 9.17) is 0 Å². The van der Waals surface area contributed by atoms with Gasteiger partial charge in [-0.05, 0) is 200 Å². The van der Waals surface area contributed by atoms with E-state index in [0.29, 0.717) is 0 Å². The normalized spacial score (nSPS) is 20.3. The summed E-state index contributed by atoms with van der Waals surface area (Å²) < 4.78 is 0. The van der Waals surface area contributed by atoms with Crippen molar-refractivity contribution in [2.24, 2.45) is 0 Å². The summed E-state index contributed by atoms with van der Waals surface area (Å²) in [5, 5.41) is 0. The molecule has 0 aromatic heterocycles. The molecule has 13 rings (SSSR count). The standard InChI is InChI=1S/C76H84BN3/c1-47-39-48(2)69-60(40-47)75(16)36-35-50-25-21-22-26-57(50)76(75,17)80(69)55-32-33-61-64(44-55)78(54-30-27-51(28-31-54)70(3,4)5)66-42-53(72(9,10)11)43-67-68(66)77(61)62-45-58-59(74(14,15)38-37-73(58,12)13)46-65(62)79(67)63-34-29-52(71(6,7)8)41-56(63)49-23-19-18-20-24-49/h18-34,39-46H,35-38H2,1-17H3. The molecule has 8 aromatic rings. The van der Waals surface area contributed by atoms with Crippen LogP contribution >= 0.6 is 0 Å². The molecule has 4 heteroatoms. The summed E-state index contributed by atoms with van der Waals surface area (Å²) in [6, 6.07) is 60.7. The molecule has 80 heavy (non-hydrogen) atoms. The van der Waals surface area contributed by atoms with Gasteiger partial charge in [-0.15, -0.1) is 0 Å². The fourth-order valence-corrected chi connectivity index (χ4v) is 15.5. The van der Waals surface area contributed by atoms with Gasteiger partial charge in [-0.1, -0.05) is 200 Å². The van der Waals surface area contributed by atoms with Gasteiger partial charge in [0.15, 0.2) is 0 Å². The minimum Gasteiger partial charge on any atom is -0.330 e. The second-order valence-electron chi connectivity index (χ2n) is 29.8. The van der Waals surface area contributed by atoms with E-state index in [-0.39, 0.29) is 44.7 Å². The first-order valence-electron chi connectivity index (χ1n) is 30.0. The summed E-state index contributed by atoms with van der Waals surface area (Å²) >= 11 is 0. The Bertz CT molecular complexity index is 3860. The quantitative estimate of drug-likeness (QED) is 0.163. The number of benzene rings is 8. The Morgan fingerprint density at radius 3 is 1.69 bits per heavy atom. The van der Waals surface area contributed by atoms with E-state index >= 15 is 0 Å². The van der Waals surface area contributed by atoms with Crippen LogP contribution in [0, 0.1) is 13.8 Å². The lowest BCUT2D eigenvalue weighted by Gasteiger charge is -2.51. The first-order chi connectivity index (χ1) is 37.6. The monoisotopic (exact) mass is 1050 g/mol. The van der Waals surface area contributed by atoms with Crippen molar-refractivity contribution in [3.63, 3.8) is 0 Å². The molecular formula is C76H84BN3. The van der Waals surface area contributed by atoms with Crippen LogP contribution < -0.4 is 31.1 Å². The third kappa shape index (κ3) is 7.65. The van der Waals surface area contributed by atoms with Crippen molar-refractivity contribution in [3.8, 4) is 11.1 Å². The lowest BCUT2D eigenvalue weighted by atomic mass is 9.33. The van der Waals surface area contributed by atoms with Gasteiger partial charge in [-0.3, -0.25) is 0 Å². The predicted octanol–water partition coefficient (Wildman–Crippen LogP) is 18.6. The zero-order chi connectivity index (χ0) is 56.6. The van der Waals surface area contributed by atoms with Gasteiger partial charge >= 0.3 is 0 Å². The summed E-state index contributed by atoms with van der Waals surface area (Å²) in [6.45, 7) is 41.0. The molecule has 0 fully saturated rings. The van der Waals surface area contributed by atoms with Crippen molar-refractivity contribution in [1.29, 1.82) is 0 Å². The molecule has 0 saturated carbocycles. The van der Waals surface area contributed by atoms with Gasteiger partial charge in [0.2, 0.25) is 0 Å². The van der Waals surface area contributed by atoms with E-state index in [1.165, 1.54) is 129 Å². The molecule has 0 N–H and O–H groups in total. The van der Waals surface area contributed by atoms with Gasteiger partial charge in [0.1, 0.15) is 0 Å². The van der Waals surface area contributed by atoms with E-state index in [2.05, 4.69) is 284 Å². The Balaban J connectivity index is 1.16. The molecule has 0 bridgehead atoms. The molecule has 0 saturated heterocycles. The molecule has 3 aliphatic heterocycles. The summed E-state index contributed by atoms with van der Waals surface area (Å²) in [5.41, 5.74) is 30.1. The number of anilines is 8. The first kappa shape index (κ1) is 52.6. The Labute approximate surface area is 480 Å². The third-order valence-corrected chi connectivity index (χ3v) is 20.5. The first-order valence-corrected chi connectivity index (χ1v) is 30.0. The van der Waals surface area contributed by atoms with Gasteiger partial charge in [0.05, 0.1) is 11.2 Å². The van der Waals surface area contributed by atoms with Gasteiger partial charge in [-0.2, -0.15) is 0 Å². The van der Waals surface area contributed by atoms with Gasteiger partial charge in [0.25, 0.3) is 6.71 Å². The fraction of sp³-hybridized carbons (Fsp3) is 0.368.